The van der Waals surface area contributed by atoms with E-state index in [1.807, 2.05) is 30.3 Å². The van der Waals surface area contributed by atoms with Crippen LogP contribution in [-0.2, 0) is 4.79 Å². The van der Waals surface area contributed by atoms with Gasteiger partial charge in [0.25, 0.3) is 0 Å². The smallest absolute Gasteiger partial charge is 0.237 e. The van der Waals surface area contributed by atoms with Gasteiger partial charge in [0.15, 0.2) is 5.65 Å². The van der Waals surface area contributed by atoms with Crippen LogP contribution in [0.4, 0.5) is 10.1 Å². The van der Waals surface area contributed by atoms with Crippen LogP contribution in [0.3, 0.4) is 0 Å². The lowest BCUT2D eigenvalue weighted by molar-refractivity contribution is -0.115. The molecule has 8 heteroatoms. The first-order valence-electron chi connectivity index (χ1n) is 8.59. The third-order valence-corrected chi connectivity index (χ3v) is 5.24. The molecule has 1 amide bonds. The second-order valence-corrected chi connectivity index (χ2v) is 7.37. The number of benzene rings is 2. The number of aromatic nitrogens is 4. The highest BCUT2D eigenvalue weighted by Gasteiger charge is 2.19. The van der Waals surface area contributed by atoms with Crippen molar-refractivity contribution >= 4 is 34.4 Å². The minimum Gasteiger partial charge on any atom is -0.323 e. The molecule has 1 N–H and O–H groups in total. The summed E-state index contributed by atoms with van der Waals surface area (Å²) in [6, 6.07) is 15.7. The molecular formula is C20H16FN5OS. The van der Waals surface area contributed by atoms with E-state index in [9.17, 15) is 9.18 Å². The van der Waals surface area contributed by atoms with Crippen molar-refractivity contribution in [2.75, 3.05) is 5.32 Å². The molecule has 0 aliphatic rings. The zero-order valence-electron chi connectivity index (χ0n) is 14.9. The fourth-order valence-electron chi connectivity index (χ4n) is 2.69. The van der Waals surface area contributed by atoms with Crippen LogP contribution in [0.25, 0.3) is 16.7 Å². The van der Waals surface area contributed by atoms with E-state index in [-0.39, 0.29) is 11.6 Å². The highest BCUT2D eigenvalue weighted by molar-refractivity contribution is 8.00. The maximum Gasteiger partial charge on any atom is 0.237 e. The van der Waals surface area contributed by atoms with Gasteiger partial charge in [0.05, 0.1) is 28.2 Å². The molecule has 0 saturated heterocycles. The molecule has 0 saturated carbocycles. The summed E-state index contributed by atoms with van der Waals surface area (Å²) in [5.41, 5.74) is 1.70. The molecule has 0 spiro atoms. The van der Waals surface area contributed by atoms with Gasteiger partial charge in [-0.15, -0.1) is 0 Å². The van der Waals surface area contributed by atoms with Crippen LogP contribution in [0.5, 0.6) is 0 Å². The van der Waals surface area contributed by atoms with E-state index in [4.69, 9.17) is 0 Å². The third kappa shape index (κ3) is 3.59. The summed E-state index contributed by atoms with van der Waals surface area (Å²) in [5, 5.41) is 7.92. The number of anilines is 1. The van der Waals surface area contributed by atoms with Crippen LogP contribution in [0.2, 0.25) is 0 Å². The minimum atomic E-state index is -0.488. The summed E-state index contributed by atoms with van der Waals surface area (Å²) >= 11 is 1.28. The van der Waals surface area contributed by atoms with Crippen molar-refractivity contribution in [2.24, 2.45) is 0 Å². The van der Waals surface area contributed by atoms with Gasteiger partial charge in [-0.3, -0.25) is 4.79 Å². The summed E-state index contributed by atoms with van der Waals surface area (Å²) in [6.07, 6.45) is 3.14. The molecule has 4 aromatic rings. The Kier molecular flexibility index (Phi) is 5.03. The Balaban J connectivity index is 1.57. The molecule has 4 rings (SSSR count). The predicted molar refractivity (Wildman–Crippen MR) is 107 cm³/mol. The molecule has 6 nitrogen and oxygen atoms in total. The van der Waals surface area contributed by atoms with Crippen LogP contribution in [0, 0.1) is 5.82 Å². The highest BCUT2D eigenvalue weighted by Crippen LogP contribution is 2.29. The molecule has 2 heterocycles. The molecule has 2 aromatic carbocycles. The van der Waals surface area contributed by atoms with Gasteiger partial charge in [-0.25, -0.2) is 19.0 Å². The van der Waals surface area contributed by atoms with E-state index in [0.29, 0.717) is 10.7 Å². The molecule has 0 bridgehead atoms. The van der Waals surface area contributed by atoms with E-state index >= 15 is 0 Å². The average molecular weight is 393 g/mol. The molecule has 0 fully saturated rings. The summed E-state index contributed by atoms with van der Waals surface area (Å²) in [6.45, 7) is 1.75. The predicted octanol–water partition coefficient (Wildman–Crippen LogP) is 4.07. The Labute approximate surface area is 164 Å². The van der Waals surface area contributed by atoms with Gasteiger partial charge in [-0.1, -0.05) is 42.1 Å². The van der Waals surface area contributed by atoms with Crippen LogP contribution >= 0.6 is 11.8 Å². The van der Waals surface area contributed by atoms with Gasteiger partial charge in [0.2, 0.25) is 5.91 Å². The van der Waals surface area contributed by atoms with Gasteiger partial charge in [-0.05, 0) is 31.2 Å². The van der Waals surface area contributed by atoms with Crippen LogP contribution in [0.15, 0.2) is 72.1 Å². The van der Waals surface area contributed by atoms with Crippen molar-refractivity contribution in [3.05, 3.63) is 72.9 Å². The van der Waals surface area contributed by atoms with Gasteiger partial charge in [0, 0.05) is 0 Å². The third-order valence-electron chi connectivity index (χ3n) is 4.12. The summed E-state index contributed by atoms with van der Waals surface area (Å²) < 4.78 is 15.5. The van der Waals surface area contributed by atoms with Gasteiger partial charge >= 0.3 is 0 Å². The first-order valence-corrected chi connectivity index (χ1v) is 9.47. The Morgan fingerprint density at radius 1 is 1.11 bits per heavy atom. The normalized spacial score (nSPS) is 12.1. The molecule has 1 unspecified atom stereocenters. The number of nitrogens with zero attached hydrogens (tertiary/aromatic N) is 4. The topological polar surface area (TPSA) is 72.7 Å². The summed E-state index contributed by atoms with van der Waals surface area (Å²) in [7, 11) is 0. The number of halogens is 1. The molecule has 0 aliphatic heterocycles. The Morgan fingerprint density at radius 2 is 1.86 bits per heavy atom. The number of fused-ring (bicyclic) bond motifs is 1. The van der Waals surface area contributed by atoms with Crippen molar-refractivity contribution in [2.45, 2.75) is 17.2 Å². The van der Waals surface area contributed by atoms with Gasteiger partial charge in [-0.2, -0.15) is 5.10 Å². The number of nitrogens with one attached hydrogen (secondary N) is 1. The summed E-state index contributed by atoms with van der Waals surface area (Å²) in [5.74, 6) is -0.779. The van der Waals surface area contributed by atoms with Gasteiger partial charge < -0.3 is 5.32 Å². The van der Waals surface area contributed by atoms with Crippen molar-refractivity contribution in [1.29, 1.82) is 0 Å². The molecular weight excluding hydrogens is 377 g/mol. The lowest BCUT2D eigenvalue weighted by atomic mass is 10.3. The number of hydrogen-bond donors (Lipinski definition) is 1. The summed E-state index contributed by atoms with van der Waals surface area (Å²) in [4.78, 5) is 21.1. The molecule has 1 atom stereocenters. The standard InChI is InChI=1S/C20H16FN5OS/c1-13(19(27)25-17-10-6-5-9-16(17)21)28-20-15-11-24-26(18(15)22-12-23-20)14-7-3-2-4-8-14/h2-13H,1H3,(H,25,27). The van der Waals surface area contributed by atoms with E-state index < -0.39 is 11.1 Å². The fraction of sp³-hybridized carbons (Fsp3) is 0.100. The van der Waals surface area contributed by atoms with Gasteiger partial charge in [0.1, 0.15) is 17.2 Å². The number of para-hydroxylation sites is 2. The largest absolute Gasteiger partial charge is 0.323 e. The zero-order valence-corrected chi connectivity index (χ0v) is 15.7. The first kappa shape index (κ1) is 18.1. The molecule has 2 aromatic heterocycles. The number of carbonyl (C=O) groups is 1. The minimum absolute atomic E-state index is 0.157. The van der Waals surface area contributed by atoms with Crippen molar-refractivity contribution in [3.63, 3.8) is 0 Å². The van der Waals surface area contributed by atoms with E-state index in [1.54, 1.807) is 29.9 Å². The van der Waals surface area contributed by atoms with Crippen LogP contribution in [-0.4, -0.2) is 30.9 Å². The molecule has 28 heavy (non-hydrogen) atoms. The maximum atomic E-state index is 13.8. The number of carbonyl (C=O) groups excluding carboxylic acids is 1. The SMILES string of the molecule is CC(Sc1ncnc2c1cnn2-c1ccccc1)C(=O)Nc1ccccc1F. The highest BCUT2D eigenvalue weighted by atomic mass is 32.2. The zero-order chi connectivity index (χ0) is 19.5. The Hall–Kier alpha value is -3.26. The lowest BCUT2D eigenvalue weighted by Crippen LogP contribution is -2.23. The second kappa shape index (κ2) is 7.77. The van der Waals surface area contributed by atoms with E-state index in [1.165, 1.54) is 30.2 Å². The number of hydrogen-bond acceptors (Lipinski definition) is 5. The first-order chi connectivity index (χ1) is 13.6. The van der Waals surface area contributed by atoms with Crippen LogP contribution < -0.4 is 5.32 Å². The van der Waals surface area contributed by atoms with Crippen molar-refractivity contribution in [3.8, 4) is 5.69 Å². The van der Waals surface area contributed by atoms with E-state index in [0.717, 1.165) is 11.1 Å². The Bertz CT molecular complexity index is 1130. The Morgan fingerprint density at radius 3 is 2.64 bits per heavy atom. The molecule has 0 radical (unpaired) electrons. The van der Waals surface area contributed by atoms with Crippen molar-refractivity contribution < 1.29 is 9.18 Å². The average Bonchev–Trinajstić information content (AvgIpc) is 3.15. The van der Waals surface area contributed by atoms with Crippen LogP contribution in [0.1, 0.15) is 6.92 Å². The maximum absolute atomic E-state index is 13.8. The lowest BCUT2D eigenvalue weighted by Gasteiger charge is -2.12. The number of rotatable bonds is 5. The molecule has 0 aliphatic carbocycles. The second-order valence-electron chi connectivity index (χ2n) is 6.04. The fourth-order valence-corrected chi connectivity index (χ4v) is 3.57. The monoisotopic (exact) mass is 393 g/mol. The number of thioether (sulfide) groups is 1. The quantitative estimate of drug-likeness (QED) is 0.409. The van der Waals surface area contributed by atoms with E-state index in [2.05, 4.69) is 20.4 Å². The number of amides is 1. The molecule has 140 valence electrons. The van der Waals surface area contributed by atoms with Crippen molar-refractivity contribution in [1.82, 2.24) is 19.7 Å².